The minimum Gasteiger partial charge on any atom is -0.381 e. The molecule has 1 fully saturated rings. The maximum absolute atomic E-state index is 5.54. The summed E-state index contributed by atoms with van der Waals surface area (Å²) in [5.74, 6) is 0. The normalized spacial score (nSPS) is 16.1. The van der Waals surface area contributed by atoms with Gasteiger partial charge in [-0.2, -0.15) is 0 Å². The summed E-state index contributed by atoms with van der Waals surface area (Å²) >= 11 is 0. The summed E-state index contributed by atoms with van der Waals surface area (Å²) in [4.78, 5) is 0. The molecule has 84 valence electrons. The van der Waals surface area contributed by atoms with E-state index in [2.05, 4.69) is 12.2 Å². The molecule has 2 nitrogen and oxygen atoms in total. The summed E-state index contributed by atoms with van der Waals surface area (Å²) < 4.78 is 5.54. The summed E-state index contributed by atoms with van der Waals surface area (Å²) in [6.45, 7) is 5.28. The van der Waals surface area contributed by atoms with E-state index in [9.17, 15) is 0 Å². The molecule has 0 aromatic rings. The number of hydrogen-bond donors (Lipinski definition) is 1. The van der Waals surface area contributed by atoms with Crippen LogP contribution in [0.5, 0.6) is 0 Å². The van der Waals surface area contributed by atoms with Gasteiger partial charge >= 0.3 is 0 Å². The summed E-state index contributed by atoms with van der Waals surface area (Å²) in [6.07, 6.45) is 9.18. The summed E-state index contributed by atoms with van der Waals surface area (Å²) in [7, 11) is 0. The van der Waals surface area contributed by atoms with Gasteiger partial charge in [0.2, 0.25) is 0 Å². The molecule has 1 N–H and O–H groups in total. The zero-order chi connectivity index (χ0) is 10.1. The molecular formula is C12H25NO. The molecule has 0 atom stereocenters. The predicted molar refractivity (Wildman–Crippen MR) is 60.6 cm³/mol. The molecule has 0 spiro atoms. The SMILES string of the molecule is CCCCCCOCCCNC1CC1. The average Bonchev–Trinajstić information content (AvgIpc) is 2.99. The molecule has 0 saturated heterocycles. The van der Waals surface area contributed by atoms with Crippen molar-refractivity contribution in [1.82, 2.24) is 5.32 Å². The highest BCUT2D eigenvalue weighted by Gasteiger charge is 2.19. The Hall–Kier alpha value is -0.0800. The van der Waals surface area contributed by atoms with Gasteiger partial charge < -0.3 is 10.1 Å². The van der Waals surface area contributed by atoms with Crippen LogP contribution in [0.3, 0.4) is 0 Å². The van der Waals surface area contributed by atoms with Gasteiger partial charge in [0.25, 0.3) is 0 Å². The van der Waals surface area contributed by atoms with E-state index in [0.29, 0.717) is 0 Å². The lowest BCUT2D eigenvalue weighted by Gasteiger charge is -2.04. The first-order valence-corrected chi connectivity index (χ1v) is 6.24. The zero-order valence-electron chi connectivity index (χ0n) is 9.56. The van der Waals surface area contributed by atoms with Crippen LogP contribution in [0, 0.1) is 0 Å². The van der Waals surface area contributed by atoms with Gasteiger partial charge in [0.15, 0.2) is 0 Å². The Morgan fingerprint density at radius 1 is 1.07 bits per heavy atom. The van der Waals surface area contributed by atoms with Crippen LogP contribution >= 0.6 is 0 Å². The second kappa shape index (κ2) is 8.25. The second-order valence-corrected chi connectivity index (χ2v) is 4.25. The van der Waals surface area contributed by atoms with E-state index in [4.69, 9.17) is 4.74 Å². The highest BCUT2D eigenvalue weighted by molar-refractivity contribution is 4.80. The van der Waals surface area contributed by atoms with Gasteiger partial charge in [-0.3, -0.25) is 0 Å². The smallest absolute Gasteiger partial charge is 0.0478 e. The maximum Gasteiger partial charge on any atom is 0.0478 e. The van der Waals surface area contributed by atoms with Crippen molar-refractivity contribution >= 4 is 0 Å². The molecule has 14 heavy (non-hydrogen) atoms. The van der Waals surface area contributed by atoms with Crippen LogP contribution in [0.15, 0.2) is 0 Å². The van der Waals surface area contributed by atoms with Crippen molar-refractivity contribution in [3.8, 4) is 0 Å². The lowest BCUT2D eigenvalue weighted by atomic mass is 10.2. The van der Waals surface area contributed by atoms with Gasteiger partial charge in [-0.05, 0) is 32.2 Å². The summed E-state index contributed by atoms with van der Waals surface area (Å²) in [6, 6.07) is 0.847. The standard InChI is InChI=1S/C12H25NO/c1-2-3-4-5-10-14-11-6-9-13-12-7-8-12/h12-13H,2-11H2,1H3. The molecule has 2 heteroatoms. The van der Waals surface area contributed by atoms with E-state index in [1.807, 2.05) is 0 Å². The summed E-state index contributed by atoms with van der Waals surface area (Å²) in [5, 5.41) is 3.49. The van der Waals surface area contributed by atoms with Gasteiger partial charge in [0.1, 0.15) is 0 Å². The molecule has 1 aliphatic carbocycles. The van der Waals surface area contributed by atoms with E-state index < -0.39 is 0 Å². The Bertz CT molecular complexity index is 123. The average molecular weight is 199 g/mol. The molecule has 0 heterocycles. The van der Waals surface area contributed by atoms with Gasteiger partial charge in [-0.1, -0.05) is 26.2 Å². The molecule has 1 rings (SSSR count). The first-order valence-electron chi connectivity index (χ1n) is 6.24. The number of rotatable bonds is 10. The third kappa shape index (κ3) is 7.34. The Kier molecular flexibility index (Phi) is 7.06. The maximum atomic E-state index is 5.54. The number of ether oxygens (including phenoxy) is 1. The molecule has 0 aliphatic heterocycles. The first kappa shape index (κ1) is 12.0. The third-order valence-electron chi connectivity index (χ3n) is 2.62. The number of nitrogens with one attached hydrogen (secondary N) is 1. The quantitative estimate of drug-likeness (QED) is 0.546. The van der Waals surface area contributed by atoms with Crippen LogP contribution < -0.4 is 5.32 Å². The fourth-order valence-electron chi connectivity index (χ4n) is 1.50. The van der Waals surface area contributed by atoms with Crippen LogP contribution in [-0.4, -0.2) is 25.8 Å². The molecular weight excluding hydrogens is 174 g/mol. The van der Waals surface area contributed by atoms with Crippen molar-refractivity contribution in [2.45, 2.75) is 57.9 Å². The van der Waals surface area contributed by atoms with Crippen LogP contribution in [0.1, 0.15) is 51.9 Å². The van der Waals surface area contributed by atoms with Crippen molar-refractivity contribution in [2.75, 3.05) is 19.8 Å². The second-order valence-electron chi connectivity index (χ2n) is 4.25. The van der Waals surface area contributed by atoms with Crippen molar-refractivity contribution in [3.63, 3.8) is 0 Å². The zero-order valence-corrected chi connectivity index (χ0v) is 9.56. The Balaban J connectivity index is 1.63. The van der Waals surface area contributed by atoms with E-state index in [-0.39, 0.29) is 0 Å². The number of unbranched alkanes of at least 4 members (excludes halogenated alkanes) is 3. The van der Waals surface area contributed by atoms with Crippen LogP contribution in [0.4, 0.5) is 0 Å². The Labute approximate surface area is 88.4 Å². The third-order valence-corrected chi connectivity index (χ3v) is 2.62. The lowest BCUT2D eigenvalue weighted by molar-refractivity contribution is 0.127. The molecule has 0 amide bonds. The van der Waals surface area contributed by atoms with Gasteiger partial charge in [-0.25, -0.2) is 0 Å². The molecule has 1 aliphatic rings. The Morgan fingerprint density at radius 2 is 1.86 bits per heavy atom. The van der Waals surface area contributed by atoms with Crippen LogP contribution in [0.2, 0.25) is 0 Å². The van der Waals surface area contributed by atoms with E-state index in [1.54, 1.807) is 0 Å². The van der Waals surface area contributed by atoms with Crippen LogP contribution in [-0.2, 0) is 4.74 Å². The van der Waals surface area contributed by atoms with Crippen LogP contribution in [0.25, 0.3) is 0 Å². The minimum absolute atomic E-state index is 0.847. The molecule has 1 saturated carbocycles. The number of hydrogen-bond acceptors (Lipinski definition) is 2. The van der Waals surface area contributed by atoms with Crippen molar-refractivity contribution in [1.29, 1.82) is 0 Å². The fraction of sp³-hybridized carbons (Fsp3) is 1.00. The minimum atomic E-state index is 0.847. The van der Waals surface area contributed by atoms with Gasteiger partial charge in [0.05, 0.1) is 0 Å². The first-order chi connectivity index (χ1) is 6.93. The lowest BCUT2D eigenvalue weighted by Crippen LogP contribution is -2.18. The van der Waals surface area contributed by atoms with E-state index in [1.165, 1.54) is 44.9 Å². The van der Waals surface area contributed by atoms with Crippen molar-refractivity contribution in [2.24, 2.45) is 0 Å². The van der Waals surface area contributed by atoms with Crippen molar-refractivity contribution < 1.29 is 4.74 Å². The van der Waals surface area contributed by atoms with E-state index >= 15 is 0 Å². The van der Waals surface area contributed by atoms with E-state index in [0.717, 1.165) is 25.8 Å². The highest BCUT2D eigenvalue weighted by Crippen LogP contribution is 2.18. The molecule has 0 radical (unpaired) electrons. The predicted octanol–water partition coefficient (Wildman–Crippen LogP) is 2.73. The molecule has 0 aromatic carbocycles. The summed E-state index contributed by atoms with van der Waals surface area (Å²) in [5.41, 5.74) is 0. The van der Waals surface area contributed by atoms with Crippen molar-refractivity contribution in [3.05, 3.63) is 0 Å². The monoisotopic (exact) mass is 199 g/mol. The Morgan fingerprint density at radius 3 is 2.57 bits per heavy atom. The fourth-order valence-corrected chi connectivity index (χ4v) is 1.50. The van der Waals surface area contributed by atoms with Gasteiger partial charge in [0, 0.05) is 19.3 Å². The highest BCUT2D eigenvalue weighted by atomic mass is 16.5. The topological polar surface area (TPSA) is 21.3 Å². The van der Waals surface area contributed by atoms with Gasteiger partial charge in [-0.15, -0.1) is 0 Å². The molecule has 0 aromatic heterocycles. The molecule has 0 unspecified atom stereocenters. The molecule has 0 bridgehead atoms. The largest absolute Gasteiger partial charge is 0.381 e.